The minimum absolute atomic E-state index is 0.173. The smallest absolute Gasteiger partial charge is 0.348 e. The first-order valence-corrected chi connectivity index (χ1v) is 8.12. The van der Waals surface area contributed by atoms with Crippen molar-refractivity contribution in [3.63, 3.8) is 0 Å². The molecular weight excluding hydrogens is 322 g/mol. The minimum atomic E-state index is -0.614. The molecular formula is C15H19NO6S. The van der Waals surface area contributed by atoms with Crippen molar-refractivity contribution in [1.29, 1.82) is 0 Å². The zero-order chi connectivity index (χ0) is 17.0. The lowest BCUT2D eigenvalue weighted by Crippen LogP contribution is -2.27. The zero-order valence-electron chi connectivity index (χ0n) is 13.3. The van der Waals surface area contributed by atoms with E-state index in [0.29, 0.717) is 18.6 Å². The summed E-state index contributed by atoms with van der Waals surface area (Å²) in [7, 11) is 1.25. The molecule has 0 aromatic carbocycles. The number of anilines is 1. The minimum Gasteiger partial charge on any atom is -0.465 e. The molecule has 8 heteroatoms. The van der Waals surface area contributed by atoms with Crippen LogP contribution in [0.4, 0.5) is 5.00 Å². The second-order valence-electron chi connectivity index (χ2n) is 4.96. The maximum atomic E-state index is 12.2. The van der Waals surface area contributed by atoms with Crippen LogP contribution >= 0.6 is 11.3 Å². The van der Waals surface area contributed by atoms with E-state index in [9.17, 15) is 14.4 Å². The Morgan fingerprint density at radius 3 is 2.65 bits per heavy atom. The molecule has 1 N–H and O–H groups in total. The van der Waals surface area contributed by atoms with Crippen LogP contribution in [0.25, 0.3) is 0 Å². The van der Waals surface area contributed by atoms with E-state index in [-0.39, 0.29) is 28.0 Å². The highest BCUT2D eigenvalue weighted by Gasteiger charge is 2.30. The van der Waals surface area contributed by atoms with Crippen molar-refractivity contribution in [1.82, 2.24) is 0 Å². The van der Waals surface area contributed by atoms with Crippen LogP contribution in [0.2, 0.25) is 0 Å². The first-order chi connectivity index (χ1) is 11.0. The molecule has 1 amide bonds. The Kier molecular flexibility index (Phi) is 5.73. The molecule has 126 valence electrons. The monoisotopic (exact) mass is 341 g/mol. The Labute approximate surface area is 137 Å². The zero-order valence-corrected chi connectivity index (χ0v) is 14.1. The highest BCUT2D eigenvalue weighted by Crippen LogP contribution is 2.34. The van der Waals surface area contributed by atoms with E-state index in [1.807, 2.05) is 0 Å². The Balaban J connectivity index is 2.32. The molecule has 7 nitrogen and oxygen atoms in total. The van der Waals surface area contributed by atoms with Gasteiger partial charge in [0.1, 0.15) is 16.0 Å². The van der Waals surface area contributed by atoms with Crippen LogP contribution in [0.15, 0.2) is 0 Å². The lowest BCUT2D eigenvalue weighted by molar-refractivity contribution is -0.124. The average Bonchev–Trinajstić information content (AvgIpc) is 3.15. The van der Waals surface area contributed by atoms with Crippen LogP contribution in [0.5, 0.6) is 0 Å². The van der Waals surface area contributed by atoms with Gasteiger partial charge in [-0.25, -0.2) is 9.59 Å². The molecule has 23 heavy (non-hydrogen) atoms. The molecule has 1 aromatic heterocycles. The van der Waals surface area contributed by atoms with E-state index in [4.69, 9.17) is 14.2 Å². The van der Waals surface area contributed by atoms with Crippen molar-refractivity contribution < 1.29 is 28.6 Å². The second-order valence-corrected chi connectivity index (χ2v) is 5.98. The summed E-state index contributed by atoms with van der Waals surface area (Å²) in [5, 5.41) is 2.95. The largest absolute Gasteiger partial charge is 0.465 e. The van der Waals surface area contributed by atoms with Gasteiger partial charge in [-0.15, -0.1) is 11.3 Å². The van der Waals surface area contributed by atoms with Crippen molar-refractivity contribution in [2.45, 2.75) is 32.8 Å². The van der Waals surface area contributed by atoms with Gasteiger partial charge in [-0.3, -0.25) is 4.79 Å². The molecule has 2 rings (SSSR count). The lowest BCUT2D eigenvalue weighted by Gasteiger charge is -2.10. The van der Waals surface area contributed by atoms with E-state index in [2.05, 4.69) is 5.32 Å². The number of thiophene rings is 1. The van der Waals surface area contributed by atoms with Gasteiger partial charge < -0.3 is 19.5 Å². The maximum Gasteiger partial charge on any atom is 0.348 e. The summed E-state index contributed by atoms with van der Waals surface area (Å²) in [5.74, 6) is -1.47. The number of rotatable bonds is 5. The lowest BCUT2D eigenvalue weighted by atomic mass is 10.1. The van der Waals surface area contributed by atoms with Gasteiger partial charge in [-0.1, -0.05) is 0 Å². The van der Waals surface area contributed by atoms with Crippen molar-refractivity contribution in [2.24, 2.45) is 0 Å². The number of methoxy groups -OCH3 is 1. The average molecular weight is 341 g/mol. The summed E-state index contributed by atoms with van der Waals surface area (Å²) < 4.78 is 15.0. The predicted molar refractivity (Wildman–Crippen MR) is 84.0 cm³/mol. The molecule has 0 aliphatic carbocycles. The highest BCUT2D eigenvalue weighted by atomic mass is 32.1. The van der Waals surface area contributed by atoms with Gasteiger partial charge in [0.05, 0.1) is 19.3 Å². The summed E-state index contributed by atoms with van der Waals surface area (Å²) in [6, 6.07) is 0. The SMILES string of the molecule is CCOC(=O)c1sc(NC(=O)C2CCCO2)c(C(=O)OC)c1C. The van der Waals surface area contributed by atoms with Crippen molar-refractivity contribution >= 4 is 34.2 Å². The molecule has 1 unspecified atom stereocenters. The molecule has 1 aromatic rings. The number of nitrogens with one attached hydrogen (secondary N) is 1. The third-order valence-electron chi connectivity index (χ3n) is 3.46. The standard InChI is InChI=1S/C15H19NO6S/c1-4-21-15(19)11-8(2)10(14(18)20-3)13(23-11)16-12(17)9-6-5-7-22-9/h9H,4-7H2,1-3H3,(H,16,17). The molecule has 0 spiro atoms. The van der Waals surface area contributed by atoms with Gasteiger partial charge in [-0.2, -0.15) is 0 Å². The number of hydrogen-bond acceptors (Lipinski definition) is 7. The van der Waals surface area contributed by atoms with Gasteiger partial charge in [0.25, 0.3) is 5.91 Å². The van der Waals surface area contributed by atoms with Crippen molar-refractivity contribution in [3.05, 3.63) is 16.0 Å². The molecule has 1 fully saturated rings. The van der Waals surface area contributed by atoms with E-state index < -0.39 is 18.0 Å². The summed E-state index contributed by atoms with van der Waals surface area (Å²) in [5.41, 5.74) is 0.606. The van der Waals surface area contributed by atoms with E-state index >= 15 is 0 Å². The first kappa shape index (κ1) is 17.4. The Bertz CT molecular complexity index is 618. The van der Waals surface area contributed by atoms with Crippen LogP contribution < -0.4 is 5.32 Å². The molecule has 1 atom stereocenters. The summed E-state index contributed by atoms with van der Waals surface area (Å²) in [6.45, 7) is 4.08. The third kappa shape index (κ3) is 3.70. The molecule has 1 saturated heterocycles. The van der Waals surface area contributed by atoms with Crippen LogP contribution in [-0.4, -0.2) is 44.3 Å². The van der Waals surface area contributed by atoms with Gasteiger partial charge in [-0.05, 0) is 32.3 Å². The normalized spacial score (nSPS) is 16.9. The van der Waals surface area contributed by atoms with Crippen molar-refractivity contribution in [3.8, 4) is 0 Å². The quantitative estimate of drug-likeness (QED) is 0.825. The fraction of sp³-hybridized carbons (Fsp3) is 0.533. The number of carbonyl (C=O) groups is 3. The topological polar surface area (TPSA) is 90.9 Å². The Morgan fingerprint density at radius 1 is 1.35 bits per heavy atom. The first-order valence-electron chi connectivity index (χ1n) is 7.30. The molecule has 1 aliphatic rings. The molecule has 0 radical (unpaired) electrons. The van der Waals surface area contributed by atoms with Crippen LogP contribution in [0.3, 0.4) is 0 Å². The van der Waals surface area contributed by atoms with Crippen LogP contribution in [0, 0.1) is 6.92 Å². The maximum absolute atomic E-state index is 12.2. The fourth-order valence-corrected chi connectivity index (χ4v) is 3.41. The molecule has 0 bridgehead atoms. The van der Waals surface area contributed by atoms with Crippen molar-refractivity contribution in [2.75, 3.05) is 25.6 Å². The van der Waals surface area contributed by atoms with Crippen LogP contribution in [-0.2, 0) is 19.0 Å². The summed E-state index contributed by atoms with van der Waals surface area (Å²) >= 11 is 1.00. The number of carbonyl (C=O) groups excluding carboxylic acids is 3. The number of ether oxygens (including phenoxy) is 3. The Hall–Kier alpha value is -1.93. The van der Waals surface area contributed by atoms with Gasteiger partial charge in [0.2, 0.25) is 0 Å². The van der Waals surface area contributed by atoms with E-state index in [1.54, 1.807) is 13.8 Å². The van der Waals surface area contributed by atoms with Gasteiger partial charge in [0, 0.05) is 6.61 Å². The summed E-state index contributed by atoms with van der Waals surface area (Å²) in [6.07, 6.45) is 0.919. The fourth-order valence-electron chi connectivity index (χ4n) is 2.32. The molecule has 1 aliphatic heterocycles. The molecule has 0 saturated carbocycles. The highest BCUT2D eigenvalue weighted by molar-refractivity contribution is 7.18. The number of hydrogen-bond donors (Lipinski definition) is 1. The summed E-state index contributed by atoms with van der Waals surface area (Å²) in [4.78, 5) is 36.5. The van der Waals surface area contributed by atoms with E-state index in [0.717, 1.165) is 17.8 Å². The second kappa shape index (κ2) is 7.56. The number of esters is 2. The van der Waals surface area contributed by atoms with Gasteiger partial charge in [0.15, 0.2) is 0 Å². The third-order valence-corrected chi connectivity index (χ3v) is 4.64. The number of amides is 1. The Morgan fingerprint density at radius 2 is 2.09 bits per heavy atom. The van der Waals surface area contributed by atoms with E-state index in [1.165, 1.54) is 7.11 Å². The molecule has 2 heterocycles. The predicted octanol–water partition coefficient (Wildman–Crippen LogP) is 2.14. The van der Waals surface area contributed by atoms with Crippen LogP contribution in [0.1, 0.15) is 45.4 Å². The van der Waals surface area contributed by atoms with Gasteiger partial charge >= 0.3 is 11.9 Å².